The van der Waals surface area contributed by atoms with E-state index in [1.165, 1.54) is 0 Å². The normalized spacial score (nSPS) is 20.8. The van der Waals surface area contributed by atoms with Gasteiger partial charge in [-0.1, -0.05) is 18.2 Å². The van der Waals surface area contributed by atoms with Crippen molar-refractivity contribution in [2.24, 2.45) is 5.92 Å². The number of aryl methyl sites for hydroxylation is 1. The fourth-order valence-corrected chi connectivity index (χ4v) is 4.63. The van der Waals surface area contributed by atoms with Gasteiger partial charge in [-0.05, 0) is 61.4 Å². The van der Waals surface area contributed by atoms with Crippen LogP contribution in [0, 0.1) is 12.8 Å². The number of carbonyl (C=O) groups excluding carboxylic acids is 2. The van der Waals surface area contributed by atoms with Crippen LogP contribution in [0.4, 0.5) is 10.1 Å². The Kier molecular flexibility index (Phi) is 5.75. The van der Waals surface area contributed by atoms with Gasteiger partial charge in [0.05, 0.1) is 7.11 Å². The second-order valence-electron chi connectivity index (χ2n) is 8.19. The third kappa shape index (κ3) is 3.78. The largest absolute Gasteiger partial charge is 0.496 e. The lowest BCUT2D eigenvalue weighted by Crippen LogP contribution is -2.40. The zero-order valence-electron chi connectivity index (χ0n) is 17.4. The predicted molar refractivity (Wildman–Crippen MR) is 113 cm³/mol. The lowest BCUT2D eigenvalue weighted by Gasteiger charge is -2.34. The fourth-order valence-electron chi connectivity index (χ4n) is 4.63. The monoisotopic (exact) mass is 410 g/mol. The number of ether oxygens (including phenoxy) is 1. The van der Waals surface area contributed by atoms with Gasteiger partial charge in [-0.15, -0.1) is 0 Å². The quantitative estimate of drug-likeness (QED) is 0.782. The van der Waals surface area contributed by atoms with Crippen LogP contribution < -0.4 is 10.1 Å². The molecule has 158 valence electrons. The molecule has 0 bridgehead atoms. The van der Waals surface area contributed by atoms with Crippen molar-refractivity contribution in [2.75, 3.05) is 12.4 Å². The van der Waals surface area contributed by atoms with Crippen LogP contribution >= 0.6 is 0 Å². The standard InChI is InChI=1S/C24H27FN2O3/c1-15-6-9-18(12-22(15)30-2)26-23(28)16-7-10-19(11-8-16)27-14-21-17(13-25)4-3-5-20(21)24(27)29/h3-6,9,12,16,19H,7-8,10-11,13-14H2,1-2H3,(H,26,28). The van der Waals surface area contributed by atoms with Crippen LogP contribution in [0.2, 0.25) is 0 Å². The van der Waals surface area contributed by atoms with E-state index in [0.29, 0.717) is 17.7 Å². The van der Waals surface area contributed by atoms with Crippen molar-refractivity contribution in [2.45, 2.75) is 51.9 Å². The molecule has 1 heterocycles. The number of halogens is 1. The van der Waals surface area contributed by atoms with Gasteiger partial charge in [-0.3, -0.25) is 9.59 Å². The second-order valence-corrected chi connectivity index (χ2v) is 8.19. The molecule has 2 amide bonds. The molecule has 2 aliphatic rings. The van der Waals surface area contributed by atoms with Crippen LogP contribution in [0.15, 0.2) is 36.4 Å². The molecule has 4 rings (SSSR count). The van der Waals surface area contributed by atoms with Gasteiger partial charge in [0.2, 0.25) is 5.91 Å². The van der Waals surface area contributed by atoms with E-state index in [2.05, 4.69) is 5.32 Å². The summed E-state index contributed by atoms with van der Waals surface area (Å²) < 4.78 is 18.6. The number of anilines is 1. The smallest absolute Gasteiger partial charge is 0.254 e. The van der Waals surface area contributed by atoms with Gasteiger partial charge in [0, 0.05) is 35.8 Å². The number of fused-ring (bicyclic) bond motifs is 1. The number of rotatable bonds is 5. The van der Waals surface area contributed by atoms with E-state index in [1.54, 1.807) is 25.3 Å². The molecule has 0 atom stereocenters. The SMILES string of the molecule is COc1cc(NC(=O)C2CCC(N3Cc4c(CF)cccc4C3=O)CC2)ccc1C. The Morgan fingerprint density at radius 1 is 1.20 bits per heavy atom. The van der Waals surface area contributed by atoms with Crippen LogP contribution in [0.25, 0.3) is 0 Å². The van der Waals surface area contributed by atoms with Gasteiger partial charge in [0.15, 0.2) is 0 Å². The van der Waals surface area contributed by atoms with Gasteiger partial charge in [-0.2, -0.15) is 0 Å². The number of benzene rings is 2. The topological polar surface area (TPSA) is 58.6 Å². The number of methoxy groups -OCH3 is 1. The van der Waals surface area contributed by atoms with E-state index in [9.17, 15) is 14.0 Å². The predicted octanol–water partition coefficient (Wildman–Crippen LogP) is 4.63. The molecule has 1 aliphatic carbocycles. The van der Waals surface area contributed by atoms with Crippen LogP contribution in [0.5, 0.6) is 5.75 Å². The maximum absolute atomic E-state index is 13.3. The molecular weight excluding hydrogens is 383 g/mol. The highest BCUT2D eigenvalue weighted by Crippen LogP contribution is 2.35. The van der Waals surface area contributed by atoms with E-state index < -0.39 is 6.67 Å². The van der Waals surface area contributed by atoms with Crippen molar-refractivity contribution in [3.05, 3.63) is 58.7 Å². The van der Waals surface area contributed by atoms with Crippen molar-refractivity contribution in [3.8, 4) is 5.75 Å². The van der Waals surface area contributed by atoms with Gasteiger partial charge < -0.3 is 15.0 Å². The highest BCUT2D eigenvalue weighted by Gasteiger charge is 2.37. The first-order valence-electron chi connectivity index (χ1n) is 10.4. The summed E-state index contributed by atoms with van der Waals surface area (Å²) in [5.41, 5.74) is 3.79. The Hall–Kier alpha value is -2.89. The minimum Gasteiger partial charge on any atom is -0.496 e. The molecule has 1 saturated carbocycles. The average molecular weight is 410 g/mol. The number of nitrogens with zero attached hydrogens (tertiary/aromatic N) is 1. The first-order chi connectivity index (χ1) is 14.5. The van der Waals surface area contributed by atoms with Crippen LogP contribution in [-0.4, -0.2) is 29.9 Å². The van der Waals surface area contributed by atoms with Crippen LogP contribution in [0.1, 0.15) is 52.7 Å². The first kappa shape index (κ1) is 20.4. The van der Waals surface area contributed by atoms with E-state index in [4.69, 9.17) is 4.74 Å². The van der Waals surface area contributed by atoms with E-state index in [0.717, 1.165) is 48.2 Å². The zero-order chi connectivity index (χ0) is 21.3. The van der Waals surface area contributed by atoms with Gasteiger partial charge in [-0.25, -0.2) is 4.39 Å². The zero-order valence-corrected chi connectivity index (χ0v) is 17.4. The summed E-state index contributed by atoms with van der Waals surface area (Å²) in [6.07, 6.45) is 3.02. The minimum atomic E-state index is -0.555. The summed E-state index contributed by atoms with van der Waals surface area (Å²) in [4.78, 5) is 27.4. The molecule has 2 aromatic carbocycles. The van der Waals surface area contributed by atoms with Gasteiger partial charge in [0.25, 0.3) is 5.91 Å². The molecule has 0 saturated heterocycles. The molecule has 5 nitrogen and oxygen atoms in total. The Morgan fingerprint density at radius 3 is 2.67 bits per heavy atom. The molecule has 0 radical (unpaired) electrons. The van der Waals surface area contributed by atoms with E-state index in [-0.39, 0.29) is 23.8 Å². The maximum Gasteiger partial charge on any atom is 0.254 e. The lowest BCUT2D eigenvalue weighted by molar-refractivity contribution is -0.121. The summed E-state index contributed by atoms with van der Waals surface area (Å²) >= 11 is 0. The van der Waals surface area contributed by atoms with Crippen molar-refractivity contribution in [1.29, 1.82) is 0 Å². The summed E-state index contributed by atoms with van der Waals surface area (Å²) in [7, 11) is 1.61. The number of nitrogens with one attached hydrogen (secondary N) is 1. The van der Waals surface area contributed by atoms with Crippen LogP contribution in [0.3, 0.4) is 0 Å². The second kappa shape index (κ2) is 8.46. The minimum absolute atomic E-state index is 0.00936. The molecule has 30 heavy (non-hydrogen) atoms. The average Bonchev–Trinajstić information content (AvgIpc) is 3.11. The maximum atomic E-state index is 13.3. The Morgan fingerprint density at radius 2 is 1.97 bits per heavy atom. The highest BCUT2D eigenvalue weighted by molar-refractivity contribution is 5.99. The summed E-state index contributed by atoms with van der Waals surface area (Å²) in [6.45, 7) is 1.88. The third-order valence-electron chi connectivity index (χ3n) is 6.42. The first-order valence-corrected chi connectivity index (χ1v) is 10.4. The van der Waals surface area contributed by atoms with E-state index >= 15 is 0 Å². The summed E-state index contributed by atoms with van der Waals surface area (Å²) in [5.74, 6) is 0.668. The molecule has 2 aromatic rings. The summed E-state index contributed by atoms with van der Waals surface area (Å²) in [5, 5.41) is 2.99. The lowest BCUT2D eigenvalue weighted by atomic mass is 9.84. The van der Waals surface area contributed by atoms with Gasteiger partial charge in [0.1, 0.15) is 12.4 Å². The van der Waals surface area contributed by atoms with Crippen molar-refractivity contribution in [3.63, 3.8) is 0 Å². The Labute approximate surface area is 176 Å². The number of carbonyl (C=O) groups is 2. The molecule has 0 spiro atoms. The number of hydrogen-bond acceptors (Lipinski definition) is 3. The van der Waals surface area contributed by atoms with Crippen LogP contribution in [-0.2, 0) is 18.0 Å². The number of alkyl halides is 1. The van der Waals surface area contributed by atoms with Crippen molar-refractivity contribution in [1.82, 2.24) is 4.90 Å². The molecule has 1 aliphatic heterocycles. The molecular formula is C24H27FN2O3. The van der Waals surface area contributed by atoms with Crippen molar-refractivity contribution >= 4 is 17.5 Å². The Balaban J connectivity index is 1.36. The molecule has 1 fully saturated rings. The number of amides is 2. The molecule has 0 aromatic heterocycles. The molecule has 0 unspecified atom stereocenters. The highest BCUT2D eigenvalue weighted by atomic mass is 19.1. The number of hydrogen-bond donors (Lipinski definition) is 1. The van der Waals surface area contributed by atoms with Gasteiger partial charge >= 0.3 is 0 Å². The summed E-state index contributed by atoms with van der Waals surface area (Å²) in [6, 6.07) is 11.0. The molecule has 1 N–H and O–H groups in total. The molecule has 6 heteroatoms. The third-order valence-corrected chi connectivity index (χ3v) is 6.42. The fraction of sp³-hybridized carbons (Fsp3) is 0.417. The van der Waals surface area contributed by atoms with E-state index in [1.807, 2.05) is 30.0 Å². The van der Waals surface area contributed by atoms with Crippen molar-refractivity contribution < 1.29 is 18.7 Å². The Bertz CT molecular complexity index is 967.